The number of aromatic nitrogens is 2. The van der Waals surface area contributed by atoms with E-state index < -0.39 is 10.0 Å². The van der Waals surface area contributed by atoms with Gasteiger partial charge >= 0.3 is 0 Å². The van der Waals surface area contributed by atoms with Gasteiger partial charge in [-0.1, -0.05) is 55.7 Å². The first-order valence-electron chi connectivity index (χ1n) is 14.3. The van der Waals surface area contributed by atoms with Crippen molar-refractivity contribution < 1.29 is 8.42 Å². The molecule has 0 spiro atoms. The van der Waals surface area contributed by atoms with Crippen LogP contribution in [0.3, 0.4) is 0 Å². The van der Waals surface area contributed by atoms with Crippen molar-refractivity contribution >= 4 is 21.7 Å². The molecule has 1 atom stereocenters. The zero-order valence-electron chi connectivity index (χ0n) is 23.2. The highest BCUT2D eigenvalue weighted by Gasteiger charge is 2.28. The number of nitrogens with zero attached hydrogens (tertiary/aromatic N) is 3. The Hall–Kier alpha value is -2.97. The van der Waals surface area contributed by atoms with Crippen LogP contribution in [0.25, 0.3) is 11.3 Å². The predicted octanol–water partition coefficient (Wildman–Crippen LogP) is 5.91. The summed E-state index contributed by atoms with van der Waals surface area (Å²) in [7, 11) is 0.840. The fourth-order valence-electron chi connectivity index (χ4n) is 5.94. The van der Waals surface area contributed by atoms with Gasteiger partial charge in [-0.05, 0) is 87.5 Å². The molecule has 1 unspecified atom stereocenters. The largest absolute Gasteiger partial charge is 0.354 e. The average Bonchev–Trinajstić information content (AvgIpc) is 2.93. The molecule has 5 rings (SSSR count). The number of nitrogens with one attached hydrogen (secondary N) is 2. The summed E-state index contributed by atoms with van der Waals surface area (Å²) < 4.78 is 28.4. The topological polar surface area (TPSA) is 87.2 Å². The zero-order chi connectivity index (χ0) is 27.2. The Morgan fingerprint density at radius 1 is 0.974 bits per heavy atom. The van der Waals surface area contributed by atoms with Crippen LogP contribution in [-0.2, 0) is 16.4 Å². The van der Waals surface area contributed by atoms with E-state index in [-0.39, 0.29) is 17.6 Å². The fourth-order valence-corrected chi connectivity index (χ4v) is 7.47. The highest BCUT2D eigenvalue weighted by atomic mass is 32.2. The van der Waals surface area contributed by atoms with Crippen LogP contribution in [0, 0.1) is 5.92 Å². The SMILES string of the molecule is CN(C)CCCCNc1ncc2c(n1)-c1ccccc1C(c1ccc(NS(=O)(=O)CC3CCCCC3)cc1)C2. The van der Waals surface area contributed by atoms with Gasteiger partial charge in [0.05, 0.1) is 11.4 Å². The monoisotopic (exact) mass is 547 g/mol. The molecular formula is C31H41N5O2S. The Bertz CT molecular complexity index is 1350. The van der Waals surface area contributed by atoms with Crippen LogP contribution in [0.1, 0.15) is 67.6 Å². The second-order valence-electron chi connectivity index (χ2n) is 11.4. The minimum atomic E-state index is -3.35. The molecule has 2 N–H and O–H groups in total. The van der Waals surface area contributed by atoms with E-state index in [1.165, 1.54) is 12.0 Å². The van der Waals surface area contributed by atoms with Gasteiger partial charge in [-0.3, -0.25) is 4.72 Å². The van der Waals surface area contributed by atoms with Crippen molar-refractivity contribution in [2.45, 2.75) is 57.3 Å². The standard InChI is InChI=1S/C31H41N5O2S/c1-36(2)19-9-8-18-32-31-33-21-25-20-29(27-12-6-7-13-28(27)30(25)34-31)24-14-16-26(17-15-24)35-39(37,38)22-23-10-4-3-5-11-23/h6-7,12-17,21,23,29,35H,3-5,8-11,18-20,22H2,1-2H3,(H,32,33,34). The van der Waals surface area contributed by atoms with Gasteiger partial charge in [0.2, 0.25) is 16.0 Å². The number of hydrogen-bond acceptors (Lipinski definition) is 6. The van der Waals surface area contributed by atoms with Gasteiger partial charge in [0.1, 0.15) is 0 Å². The lowest BCUT2D eigenvalue weighted by molar-refractivity contribution is 0.385. The minimum absolute atomic E-state index is 0.162. The number of fused-ring (bicyclic) bond motifs is 3. The molecule has 3 aromatic rings. The number of anilines is 2. The Balaban J connectivity index is 1.28. The Labute approximate surface area is 233 Å². The van der Waals surface area contributed by atoms with E-state index in [4.69, 9.17) is 4.98 Å². The highest BCUT2D eigenvalue weighted by Crippen LogP contribution is 2.42. The third kappa shape index (κ3) is 7.17. The van der Waals surface area contributed by atoms with Crippen LogP contribution in [-0.4, -0.2) is 56.2 Å². The first kappa shape index (κ1) is 27.6. The molecule has 2 aliphatic carbocycles. The van der Waals surface area contributed by atoms with Crippen molar-refractivity contribution in [2.24, 2.45) is 5.92 Å². The molecule has 0 aliphatic heterocycles. The molecule has 2 aliphatic rings. The molecule has 1 saturated carbocycles. The quantitative estimate of drug-likeness (QED) is 0.290. The summed E-state index contributed by atoms with van der Waals surface area (Å²) in [6.45, 7) is 1.93. The maximum absolute atomic E-state index is 12.8. The third-order valence-electron chi connectivity index (χ3n) is 7.96. The highest BCUT2D eigenvalue weighted by molar-refractivity contribution is 7.92. The van der Waals surface area contributed by atoms with Crippen molar-refractivity contribution in [3.63, 3.8) is 0 Å². The van der Waals surface area contributed by atoms with Gasteiger partial charge < -0.3 is 10.2 Å². The molecule has 1 fully saturated rings. The molecule has 2 aromatic carbocycles. The molecule has 0 saturated heterocycles. The van der Waals surface area contributed by atoms with E-state index in [0.29, 0.717) is 11.6 Å². The van der Waals surface area contributed by atoms with Crippen molar-refractivity contribution in [3.8, 4) is 11.3 Å². The average molecular weight is 548 g/mol. The summed E-state index contributed by atoms with van der Waals surface area (Å²) in [5, 5.41) is 3.40. The molecule has 1 heterocycles. The zero-order valence-corrected chi connectivity index (χ0v) is 24.0. The lowest BCUT2D eigenvalue weighted by Gasteiger charge is -2.28. The van der Waals surface area contributed by atoms with Crippen molar-refractivity contribution in [1.82, 2.24) is 14.9 Å². The first-order chi connectivity index (χ1) is 18.9. The van der Waals surface area contributed by atoms with Gasteiger partial charge in [-0.25, -0.2) is 18.4 Å². The van der Waals surface area contributed by atoms with E-state index in [0.717, 1.165) is 80.4 Å². The van der Waals surface area contributed by atoms with E-state index in [2.05, 4.69) is 70.4 Å². The van der Waals surface area contributed by atoms with Gasteiger partial charge in [0.15, 0.2) is 0 Å². The molecule has 208 valence electrons. The van der Waals surface area contributed by atoms with Crippen LogP contribution in [0.5, 0.6) is 0 Å². The predicted molar refractivity (Wildman–Crippen MR) is 160 cm³/mol. The minimum Gasteiger partial charge on any atom is -0.354 e. The van der Waals surface area contributed by atoms with Crippen molar-refractivity contribution in [1.29, 1.82) is 0 Å². The van der Waals surface area contributed by atoms with Crippen LogP contribution in [0.15, 0.2) is 54.7 Å². The van der Waals surface area contributed by atoms with Crippen molar-refractivity contribution in [2.75, 3.05) is 43.0 Å². The Morgan fingerprint density at radius 2 is 1.74 bits per heavy atom. The molecule has 0 amide bonds. The third-order valence-corrected chi connectivity index (χ3v) is 9.42. The Morgan fingerprint density at radius 3 is 2.51 bits per heavy atom. The number of benzene rings is 2. The molecule has 0 bridgehead atoms. The smallest absolute Gasteiger partial charge is 0.232 e. The normalized spacial score (nSPS) is 17.5. The maximum Gasteiger partial charge on any atom is 0.232 e. The van der Waals surface area contributed by atoms with Crippen LogP contribution < -0.4 is 10.0 Å². The van der Waals surface area contributed by atoms with Gasteiger partial charge in [0.25, 0.3) is 0 Å². The molecule has 8 heteroatoms. The summed E-state index contributed by atoms with van der Waals surface area (Å²) in [5.74, 6) is 1.33. The van der Waals surface area contributed by atoms with E-state index >= 15 is 0 Å². The molecule has 7 nitrogen and oxygen atoms in total. The lowest BCUT2D eigenvalue weighted by atomic mass is 9.78. The van der Waals surface area contributed by atoms with Gasteiger partial charge in [-0.2, -0.15) is 0 Å². The van der Waals surface area contributed by atoms with E-state index in [1.54, 1.807) is 0 Å². The number of hydrogen-bond donors (Lipinski definition) is 2. The molecule has 0 radical (unpaired) electrons. The summed E-state index contributed by atoms with van der Waals surface area (Å²) in [6, 6.07) is 16.4. The summed E-state index contributed by atoms with van der Waals surface area (Å²) >= 11 is 0. The second kappa shape index (κ2) is 12.5. The molecule has 1 aromatic heterocycles. The fraction of sp³-hybridized carbons (Fsp3) is 0.484. The number of sulfonamides is 1. The summed E-state index contributed by atoms with van der Waals surface area (Å²) in [5.41, 5.74) is 6.30. The van der Waals surface area contributed by atoms with Gasteiger partial charge in [0, 0.05) is 29.9 Å². The summed E-state index contributed by atoms with van der Waals surface area (Å²) in [6.07, 6.45) is 10.5. The molecule has 39 heavy (non-hydrogen) atoms. The maximum atomic E-state index is 12.8. The van der Waals surface area contributed by atoms with Crippen LogP contribution in [0.4, 0.5) is 11.6 Å². The molecular weight excluding hydrogens is 506 g/mol. The van der Waals surface area contributed by atoms with E-state index in [1.807, 2.05) is 18.3 Å². The van der Waals surface area contributed by atoms with E-state index in [9.17, 15) is 8.42 Å². The Kier molecular flexibility index (Phi) is 8.82. The number of unbranched alkanes of at least 4 members (excludes halogenated alkanes) is 1. The van der Waals surface area contributed by atoms with Crippen molar-refractivity contribution in [3.05, 3.63) is 71.4 Å². The van der Waals surface area contributed by atoms with Gasteiger partial charge in [-0.15, -0.1) is 0 Å². The summed E-state index contributed by atoms with van der Waals surface area (Å²) in [4.78, 5) is 11.7. The van der Waals surface area contributed by atoms with Crippen LogP contribution in [0.2, 0.25) is 0 Å². The van der Waals surface area contributed by atoms with Crippen LogP contribution >= 0.6 is 0 Å². The number of rotatable bonds is 11. The first-order valence-corrected chi connectivity index (χ1v) is 16.0. The lowest BCUT2D eigenvalue weighted by Crippen LogP contribution is -2.24. The second-order valence-corrected chi connectivity index (χ2v) is 13.1.